The summed E-state index contributed by atoms with van der Waals surface area (Å²) >= 11 is 6.09. The molecule has 0 fully saturated rings. The average Bonchev–Trinajstić information content (AvgIpc) is 3.19. The van der Waals surface area contributed by atoms with Crippen LogP contribution >= 0.6 is 11.6 Å². The molecule has 2 aromatic heterocycles. The predicted molar refractivity (Wildman–Crippen MR) is 124 cm³/mol. The second-order valence-corrected chi connectivity index (χ2v) is 7.63. The van der Waals surface area contributed by atoms with Crippen LogP contribution in [0.4, 0.5) is 0 Å². The van der Waals surface area contributed by atoms with Crippen molar-refractivity contribution in [3.05, 3.63) is 102 Å². The van der Waals surface area contributed by atoms with Gasteiger partial charge in [-0.3, -0.25) is 0 Å². The number of rotatable bonds is 4. The van der Waals surface area contributed by atoms with E-state index < -0.39 is 0 Å². The summed E-state index contributed by atoms with van der Waals surface area (Å²) in [6.45, 7) is 2.12. The summed E-state index contributed by atoms with van der Waals surface area (Å²) in [5, 5.41) is 5.63. The molecule has 5 rings (SSSR count). The highest BCUT2D eigenvalue weighted by Crippen LogP contribution is 2.32. The van der Waals surface area contributed by atoms with E-state index in [1.165, 1.54) is 11.1 Å². The molecular weight excluding hydrogens is 390 g/mol. The Bertz CT molecular complexity index is 1300. The zero-order valence-corrected chi connectivity index (χ0v) is 17.3. The van der Waals surface area contributed by atoms with Gasteiger partial charge in [0.2, 0.25) is 0 Å². The number of aryl methyl sites for hydroxylation is 1. The monoisotopic (exact) mass is 409 g/mol. The van der Waals surface area contributed by atoms with E-state index in [2.05, 4.69) is 60.4 Å². The molecule has 0 aliphatic carbocycles. The van der Waals surface area contributed by atoms with Crippen LogP contribution in [0.25, 0.3) is 39.2 Å². The van der Waals surface area contributed by atoms with E-state index >= 15 is 0 Å². The highest BCUT2D eigenvalue weighted by molar-refractivity contribution is 6.30. The fraction of sp³-hybridized carbons (Fsp3) is 0.0769. The summed E-state index contributed by atoms with van der Waals surface area (Å²) in [7, 11) is 0. The Kier molecular flexibility index (Phi) is 4.82. The van der Waals surface area contributed by atoms with Crippen LogP contribution in [0.2, 0.25) is 5.02 Å². The highest BCUT2D eigenvalue weighted by atomic mass is 35.5. The minimum Gasteiger partial charge on any atom is -0.236 e. The molecule has 0 saturated carbocycles. The van der Waals surface area contributed by atoms with Crippen molar-refractivity contribution >= 4 is 17.2 Å². The molecule has 3 aromatic carbocycles. The van der Waals surface area contributed by atoms with E-state index in [-0.39, 0.29) is 0 Å². The molecule has 3 nitrogen and oxygen atoms in total. The molecule has 0 bridgehead atoms. The number of benzene rings is 3. The minimum atomic E-state index is 0.723. The maximum Gasteiger partial charge on any atom is 0.163 e. The Labute approximate surface area is 180 Å². The predicted octanol–water partition coefficient (Wildman–Crippen LogP) is 6.95. The van der Waals surface area contributed by atoms with Crippen LogP contribution in [0, 0.1) is 0 Å². The molecule has 146 valence electrons. The van der Waals surface area contributed by atoms with E-state index in [0.29, 0.717) is 0 Å². The Morgan fingerprint density at radius 3 is 2.07 bits per heavy atom. The summed E-state index contributed by atoms with van der Waals surface area (Å²) < 4.78 is 1.96. The van der Waals surface area contributed by atoms with Gasteiger partial charge in [-0.1, -0.05) is 85.3 Å². The zero-order valence-electron chi connectivity index (χ0n) is 16.6. The van der Waals surface area contributed by atoms with Crippen molar-refractivity contribution in [3.8, 4) is 33.5 Å². The van der Waals surface area contributed by atoms with Crippen LogP contribution in [-0.4, -0.2) is 14.6 Å². The van der Waals surface area contributed by atoms with E-state index in [9.17, 15) is 0 Å². The van der Waals surface area contributed by atoms with Gasteiger partial charge in [0.15, 0.2) is 5.65 Å². The topological polar surface area (TPSA) is 30.2 Å². The van der Waals surface area contributed by atoms with Crippen LogP contribution in [-0.2, 0) is 6.42 Å². The Morgan fingerprint density at radius 2 is 1.37 bits per heavy atom. The van der Waals surface area contributed by atoms with Crippen LogP contribution in [0.3, 0.4) is 0 Å². The lowest BCUT2D eigenvalue weighted by atomic mass is 10.0. The molecule has 0 N–H and O–H groups in total. The molecule has 0 amide bonds. The molecular formula is C26H20ClN3. The van der Waals surface area contributed by atoms with E-state index in [4.69, 9.17) is 16.7 Å². The molecule has 0 aliphatic rings. The summed E-state index contributed by atoms with van der Waals surface area (Å²) in [6, 6.07) is 28.9. The molecule has 0 spiro atoms. The van der Waals surface area contributed by atoms with Gasteiger partial charge in [0.25, 0.3) is 0 Å². The summed E-state index contributed by atoms with van der Waals surface area (Å²) in [5.74, 6) is 0. The zero-order chi connectivity index (χ0) is 20.5. The first-order valence-corrected chi connectivity index (χ1v) is 10.4. The van der Waals surface area contributed by atoms with Gasteiger partial charge in [0.05, 0.1) is 11.4 Å². The lowest BCUT2D eigenvalue weighted by Gasteiger charge is -2.07. The fourth-order valence-electron chi connectivity index (χ4n) is 3.83. The lowest BCUT2D eigenvalue weighted by molar-refractivity contribution is 0.894. The fourth-order valence-corrected chi connectivity index (χ4v) is 3.96. The molecule has 4 heteroatoms. The minimum absolute atomic E-state index is 0.723. The maximum absolute atomic E-state index is 6.09. The molecule has 0 radical (unpaired) electrons. The summed E-state index contributed by atoms with van der Waals surface area (Å²) in [4.78, 5) is 4.67. The van der Waals surface area contributed by atoms with Crippen molar-refractivity contribution in [3.63, 3.8) is 0 Å². The molecule has 0 atom stereocenters. The van der Waals surface area contributed by atoms with Crippen molar-refractivity contribution in [1.82, 2.24) is 14.6 Å². The van der Waals surface area contributed by atoms with Gasteiger partial charge in [0.1, 0.15) is 0 Å². The number of hydrogen-bond acceptors (Lipinski definition) is 2. The third kappa shape index (κ3) is 3.27. The molecule has 30 heavy (non-hydrogen) atoms. The number of nitrogens with zero attached hydrogens (tertiary/aromatic N) is 3. The standard InChI is InChI=1S/C26H20ClN3/c1-2-23-25(21-12-14-22(27)15-13-21)26-28-17-16-24(30(26)29-23)20-10-8-19(9-11-20)18-6-4-3-5-7-18/h3-17H,2H2,1H3. The number of halogens is 1. The van der Waals surface area contributed by atoms with E-state index in [0.717, 1.165) is 45.2 Å². The quantitative estimate of drug-likeness (QED) is 0.321. The van der Waals surface area contributed by atoms with Crippen LogP contribution in [0.1, 0.15) is 12.6 Å². The Morgan fingerprint density at radius 1 is 0.733 bits per heavy atom. The third-order valence-electron chi connectivity index (χ3n) is 5.35. The van der Waals surface area contributed by atoms with Gasteiger partial charge in [-0.25, -0.2) is 9.50 Å². The smallest absolute Gasteiger partial charge is 0.163 e. The molecule has 0 saturated heterocycles. The average molecular weight is 410 g/mol. The normalized spacial score (nSPS) is 11.1. The van der Waals surface area contributed by atoms with Crippen LogP contribution < -0.4 is 0 Å². The largest absolute Gasteiger partial charge is 0.236 e. The highest BCUT2D eigenvalue weighted by Gasteiger charge is 2.17. The first kappa shape index (κ1) is 18.6. The second-order valence-electron chi connectivity index (χ2n) is 7.19. The Hall–Kier alpha value is -3.43. The van der Waals surface area contributed by atoms with E-state index in [1.54, 1.807) is 0 Å². The summed E-state index contributed by atoms with van der Waals surface area (Å²) in [6.07, 6.45) is 2.68. The number of aromatic nitrogens is 3. The van der Waals surface area contributed by atoms with Gasteiger partial charge in [-0.2, -0.15) is 5.10 Å². The van der Waals surface area contributed by atoms with Crippen molar-refractivity contribution in [1.29, 1.82) is 0 Å². The van der Waals surface area contributed by atoms with Crippen LogP contribution in [0.5, 0.6) is 0 Å². The SMILES string of the molecule is CCc1nn2c(-c3ccc(-c4ccccc4)cc3)ccnc2c1-c1ccc(Cl)cc1. The van der Waals surface area contributed by atoms with Gasteiger partial charge in [-0.15, -0.1) is 0 Å². The van der Waals surface area contributed by atoms with Crippen molar-refractivity contribution < 1.29 is 0 Å². The van der Waals surface area contributed by atoms with Gasteiger partial charge < -0.3 is 0 Å². The summed E-state index contributed by atoms with van der Waals surface area (Å²) in [5.41, 5.74) is 8.57. The molecule has 0 aliphatic heterocycles. The van der Waals surface area contributed by atoms with Crippen LogP contribution in [0.15, 0.2) is 91.1 Å². The van der Waals surface area contributed by atoms with Crippen molar-refractivity contribution in [2.75, 3.05) is 0 Å². The van der Waals surface area contributed by atoms with Gasteiger partial charge in [0, 0.05) is 22.3 Å². The second kappa shape index (κ2) is 7.77. The van der Waals surface area contributed by atoms with Gasteiger partial charge >= 0.3 is 0 Å². The van der Waals surface area contributed by atoms with Gasteiger partial charge in [-0.05, 0) is 41.3 Å². The van der Waals surface area contributed by atoms with Crippen molar-refractivity contribution in [2.45, 2.75) is 13.3 Å². The molecule has 0 unspecified atom stereocenters. The number of hydrogen-bond donors (Lipinski definition) is 0. The van der Waals surface area contributed by atoms with Crippen molar-refractivity contribution in [2.24, 2.45) is 0 Å². The first-order valence-electron chi connectivity index (χ1n) is 10.0. The molecule has 5 aromatic rings. The Balaban J connectivity index is 1.63. The lowest BCUT2D eigenvalue weighted by Crippen LogP contribution is -1.96. The van der Waals surface area contributed by atoms with E-state index in [1.807, 2.05) is 47.1 Å². The first-order chi connectivity index (χ1) is 14.7. The molecule has 2 heterocycles. The maximum atomic E-state index is 6.09. The third-order valence-corrected chi connectivity index (χ3v) is 5.60. The number of fused-ring (bicyclic) bond motifs is 1.